The van der Waals surface area contributed by atoms with Gasteiger partial charge in [-0.3, -0.25) is 0 Å². The first-order chi connectivity index (χ1) is 10.3. The van der Waals surface area contributed by atoms with E-state index in [4.69, 9.17) is 4.52 Å². The van der Waals surface area contributed by atoms with Crippen LogP contribution in [0.15, 0.2) is 47.1 Å². The number of benzene rings is 1. The molecule has 3 rings (SSSR count). The molecular formula is C15H15BrN4O. The normalized spacial score (nSPS) is 12.5. The van der Waals surface area contributed by atoms with E-state index in [0.717, 1.165) is 29.1 Å². The Bertz CT molecular complexity index is 707. The highest BCUT2D eigenvalue weighted by Crippen LogP contribution is 2.24. The van der Waals surface area contributed by atoms with Crippen molar-refractivity contribution in [1.29, 1.82) is 0 Å². The van der Waals surface area contributed by atoms with Gasteiger partial charge in [0.05, 0.1) is 16.7 Å². The Balaban J connectivity index is 1.74. The fourth-order valence-corrected chi connectivity index (χ4v) is 2.25. The molecule has 21 heavy (non-hydrogen) atoms. The van der Waals surface area contributed by atoms with Crippen molar-refractivity contribution in [2.75, 3.05) is 0 Å². The average Bonchev–Trinajstić information content (AvgIpc) is 3.17. The fourth-order valence-electron chi connectivity index (χ4n) is 2.04. The van der Waals surface area contributed by atoms with Gasteiger partial charge in [-0.2, -0.15) is 0 Å². The van der Waals surface area contributed by atoms with Crippen LogP contribution in [-0.2, 0) is 6.54 Å². The zero-order valence-electron chi connectivity index (χ0n) is 11.6. The van der Waals surface area contributed by atoms with Crippen molar-refractivity contribution in [3.05, 3.63) is 54.0 Å². The van der Waals surface area contributed by atoms with Crippen molar-refractivity contribution in [2.24, 2.45) is 0 Å². The van der Waals surface area contributed by atoms with Gasteiger partial charge in [0.25, 0.3) is 0 Å². The topological polar surface area (TPSA) is 56.7 Å². The summed E-state index contributed by atoms with van der Waals surface area (Å²) in [6.45, 7) is 2.62. The molecule has 0 saturated carbocycles. The molecule has 0 aliphatic carbocycles. The van der Waals surface area contributed by atoms with Crippen LogP contribution in [0.3, 0.4) is 0 Å². The van der Waals surface area contributed by atoms with E-state index in [2.05, 4.69) is 38.3 Å². The Morgan fingerprint density at radius 1 is 1.29 bits per heavy atom. The molecule has 0 radical (unpaired) electrons. The van der Waals surface area contributed by atoms with E-state index >= 15 is 0 Å². The van der Waals surface area contributed by atoms with Crippen LogP contribution < -0.4 is 0 Å². The fraction of sp³-hybridized carbons (Fsp3) is 0.267. The Morgan fingerprint density at radius 3 is 2.86 bits per heavy atom. The van der Waals surface area contributed by atoms with E-state index in [1.807, 2.05) is 42.6 Å². The molecule has 1 atom stereocenters. The summed E-state index contributed by atoms with van der Waals surface area (Å²) >= 11 is 3.57. The number of aromatic nitrogens is 4. The summed E-state index contributed by atoms with van der Waals surface area (Å²) in [5, 5.41) is 12.4. The molecule has 108 valence electrons. The standard InChI is InChI=1S/C15H15BrN4O/c1-2-13(16)15-10-20(19-17-15)9-12-8-14(18-21-12)11-6-4-3-5-7-11/h3-8,10,13H,2,9H2,1H3. The van der Waals surface area contributed by atoms with E-state index in [1.54, 1.807) is 4.68 Å². The van der Waals surface area contributed by atoms with Crippen LogP contribution in [0, 0.1) is 0 Å². The summed E-state index contributed by atoms with van der Waals surface area (Å²) in [6, 6.07) is 11.9. The molecule has 0 spiro atoms. The van der Waals surface area contributed by atoms with Crippen molar-refractivity contribution in [3.8, 4) is 11.3 Å². The summed E-state index contributed by atoms with van der Waals surface area (Å²) in [7, 11) is 0. The van der Waals surface area contributed by atoms with Crippen molar-refractivity contribution in [1.82, 2.24) is 20.2 Å². The highest BCUT2D eigenvalue weighted by molar-refractivity contribution is 9.09. The zero-order valence-corrected chi connectivity index (χ0v) is 13.2. The number of alkyl halides is 1. The van der Waals surface area contributed by atoms with Crippen molar-refractivity contribution >= 4 is 15.9 Å². The van der Waals surface area contributed by atoms with E-state index < -0.39 is 0 Å². The summed E-state index contributed by atoms with van der Waals surface area (Å²) < 4.78 is 7.13. The van der Waals surface area contributed by atoms with Gasteiger partial charge < -0.3 is 4.52 Å². The lowest BCUT2D eigenvalue weighted by Crippen LogP contribution is -1.99. The second-order valence-corrected chi connectivity index (χ2v) is 5.87. The second kappa shape index (κ2) is 6.22. The third-order valence-electron chi connectivity index (χ3n) is 3.18. The molecule has 5 nitrogen and oxygen atoms in total. The maximum atomic E-state index is 5.37. The van der Waals surface area contributed by atoms with Crippen LogP contribution in [0.25, 0.3) is 11.3 Å². The van der Waals surface area contributed by atoms with Crippen molar-refractivity contribution < 1.29 is 4.52 Å². The van der Waals surface area contributed by atoms with Gasteiger partial charge >= 0.3 is 0 Å². The molecule has 0 N–H and O–H groups in total. The van der Waals surface area contributed by atoms with Gasteiger partial charge in [0.1, 0.15) is 12.2 Å². The molecule has 6 heteroatoms. The minimum Gasteiger partial charge on any atom is -0.359 e. The maximum Gasteiger partial charge on any atom is 0.158 e. The maximum absolute atomic E-state index is 5.37. The van der Waals surface area contributed by atoms with Crippen LogP contribution in [0.2, 0.25) is 0 Å². The molecule has 0 aliphatic heterocycles. The van der Waals surface area contributed by atoms with E-state index in [1.165, 1.54) is 0 Å². The molecule has 2 heterocycles. The van der Waals surface area contributed by atoms with Crippen LogP contribution in [0.4, 0.5) is 0 Å². The van der Waals surface area contributed by atoms with E-state index in [0.29, 0.717) is 6.54 Å². The molecule has 0 aliphatic rings. The predicted octanol–water partition coefficient (Wildman–Crippen LogP) is 3.83. The van der Waals surface area contributed by atoms with Crippen LogP contribution in [0.5, 0.6) is 0 Å². The van der Waals surface area contributed by atoms with Gasteiger partial charge in [-0.1, -0.05) is 63.6 Å². The third-order valence-corrected chi connectivity index (χ3v) is 4.30. The summed E-state index contributed by atoms with van der Waals surface area (Å²) in [4.78, 5) is 0.237. The van der Waals surface area contributed by atoms with Gasteiger partial charge in [-0.05, 0) is 6.42 Å². The smallest absolute Gasteiger partial charge is 0.158 e. The Kier molecular flexibility index (Phi) is 4.15. The molecule has 1 aromatic carbocycles. The molecular weight excluding hydrogens is 332 g/mol. The van der Waals surface area contributed by atoms with Gasteiger partial charge in [0, 0.05) is 11.6 Å². The molecule has 0 bridgehead atoms. The van der Waals surface area contributed by atoms with Gasteiger partial charge in [-0.25, -0.2) is 4.68 Å². The Hall–Kier alpha value is -1.95. The molecule has 2 aromatic heterocycles. The lowest BCUT2D eigenvalue weighted by Gasteiger charge is -1.98. The first-order valence-electron chi connectivity index (χ1n) is 6.81. The van der Waals surface area contributed by atoms with Crippen molar-refractivity contribution in [2.45, 2.75) is 24.7 Å². The summed E-state index contributed by atoms with van der Waals surface area (Å²) in [5.41, 5.74) is 2.80. The van der Waals surface area contributed by atoms with Crippen LogP contribution in [-0.4, -0.2) is 20.2 Å². The number of halogens is 1. The summed E-state index contributed by atoms with van der Waals surface area (Å²) in [5.74, 6) is 0.757. The van der Waals surface area contributed by atoms with Gasteiger partial charge in [0.15, 0.2) is 5.76 Å². The minimum absolute atomic E-state index is 0.237. The highest BCUT2D eigenvalue weighted by atomic mass is 79.9. The SMILES string of the molecule is CCC(Br)c1cn(Cc2cc(-c3ccccc3)no2)nn1. The predicted molar refractivity (Wildman–Crippen MR) is 83.0 cm³/mol. The van der Waals surface area contributed by atoms with Crippen LogP contribution >= 0.6 is 15.9 Å². The number of hydrogen-bond acceptors (Lipinski definition) is 4. The van der Waals surface area contributed by atoms with E-state index in [9.17, 15) is 0 Å². The first-order valence-corrected chi connectivity index (χ1v) is 7.73. The average molecular weight is 347 g/mol. The number of rotatable bonds is 5. The molecule has 0 fully saturated rings. The quantitative estimate of drug-likeness (QED) is 0.659. The third kappa shape index (κ3) is 3.21. The molecule has 1 unspecified atom stereocenters. The first kappa shape index (κ1) is 14.0. The molecule has 0 saturated heterocycles. The zero-order chi connectivity index (χ0) is 14.7. The van der Waals surface area contributed by atoms with Crippen LogP contribution in [0.1, 0.15) is 29.6 Å². The number of hydrogen-bond donors (Lipinski definition) is 0. The highest BCUT2D eigenvalue weighted by Gasteiger charge is 2.11. The number of nitrogens with zero attached hydrogens (tertiary/aromatic N) is 4. The largest absolute Gasteiger partial charge is 0.359 e. The molecule has 0 amide bonds. The van der Waals surface area contributed by atoms with Gasteiger partial charge in [-0.15, -0.1) is 5.10 Å². The van der Waals surface area contributed by atoms with E-state index in [-0.39, 0.29) is 4.83 Å². The Labute approximate surface area is 131 Å². The van der Waals surface area contributed by atoms with Gasteiger partial charge in [0.2, 0.25) is 0 Å². The Morgan fingerprint density at radius 2 is 2.10 bits per heavy atom. The second-order valence-electron chi connectivity index (χ2n) is 4.76. The lowest BCUT2D eigenvalue weighted by atomic mass is 10.1. The van der Waals surface area contributed by atoms with Crippen molar-refractivity contribution in [3.63, 3.8) is 0 Å². The minimum atomic E-state index is 0.237. The molecule has 3 aromatic rings. The summed E-state index contributed by atoms with van der Waals surface area (Å²) in [6.07, 6.45) is 2.90. The lowest BCUT2D eigenvalue weighted by molar-refractivity contribution is 0.372. The monoisotopic (exact) mass is 346 g/mol.